The first-order valence-electron chi connectivity index (χ1n) is 11.5. The molecule has 0 spiro atoms. The summed E-state index contributed by atoms with van der Waals surface area (Å²) in [6, 6.07) is 0.513. The summed E-state index contributed by atoms with van der Waals surface area (Å²) >= 11 is 0. The maximum Gasteiger partial charge on any atom is 0.225 e. The molecule has 4 atom stereocenters. The van der Waals surface area contributed by atoms with Crippen molar-refractivity contribution in [2.75, 3.05) is 46.0 Å². The molecule has 7 heteroatoms. The summed E-state index contributed by atoms with van der Waals surface area (Å²) in [5.41, 5.74) is 0. The van der Waals surface area contributed by atoms with Gasteiger partial charge in [0, 0.05) is 50.6 Å². The van der Waals surface area contributed by atoms with E-state index in [2.05, 4.69) is 10.2 Å². The zero-order chi connectivity index (χ0) is 20.4. The van der Waals surface area contributed by atoms with Crippen LogP contribution >= 0.6 is 0 Å². The van der Waals surface area contributed by atoms with Crippen LogP contribution < -0.4 is 5.32 Å². The molecule has 3 aliphatic heterocycles. The van der Waals surface area contributed by atoms with E-state index in [0.717, 1.165) is 19.0 Å². The second-order valence-corrected chi connectivity index (χ2v) is 9.65. The molecule has 1 saturated carbocycles. The summed E-state index contributed by atoms with van der Waals surface area (Å²) in [5.74, 6) is 1.64. The summed E-state index contributed by atoms with van der Waals surface area (Å²) in [6.45, 7) is 9.37. The Hall–Kier alpha value is -1.18. The van der Waals surface area contributed by atoms with Gasteiger partial charge in [0.05, 0.1) is 32.3 Å². The predicted molar refractivity (Wildman–Crippen MR) is 109 cm³/mol. The standard InChI is InChI=1S/C22H37N3O4/c1-15(2)23-20(26)10-17-13-25(12-16-4-3-5-16)18-14-29-19(22(17)18)11-21(27)24-6-8-28-9-7-24/h15-19,22H,3-14H2,1-2H3,(H,23,26)/t17-,18-,19+,22-/m1/s1. The number of carbonyl (C=O) groups is 2. The Kier molecular flexibility index (Phi) is 6.76. The van der Waals surface area contributed by atoms with Gasteiger partial charge in [0.1, 0.15) is 0 Å². The van der Waals surface area contributed by atoms with E-state index in [0.29, 0.717) is 51.8 Å². The predicted octanol–water partition coefficient (Wildman–Crippen LogP) is 1.27. The van der Waals surface area contributed by atoms with E-state index in [1.807, 2.05) is 18.7 Å². The molecule has 4 fully saturated rings. The van der Waals surface area contributed by atoms with Gasteiger partial charge in [-0.05, 0) is 38.5 Å². The SMILES string of the molecule is CC(C)NC(=O)C[C@@H]1CN(CC2CCC2)[C@@H]2CO[C@@H](CC(=O)N3CCOCC3)[C@H]12. The molecule has 2 amide bonds. The van der Waals surface area contributed by atoms with Gasteiger partial charge in [0.2, 0.25) is 11.8 Å². The minimum absolute atomic E-state index is 0.0708. The van der Waals surface area contributed by atoms with Crippen molar-refractivity contribution in [3.63, 3.8) is 0 Å². The van der Waals surface area contributed by atoms with Gasteiger partial charge in [-0.1, -0.05) is 6.42 Å². The number of nitrogens with one attached hydrogen (secondary N) is 1. The summed E-state index contributed by atoms with van der Waals surface area (Å²) in [5, 5.41) is 3.05. The van der Waals surface area contributed by atoms with Crippen molar-refractivity contribution in [3.05, 3.63) is 0 Å². The molecular weight excluding hydrogens is 370 g/mol. The quantitative estimate of drug-likeness (QED) is 0.688. The van der Waals surface area contributed by atoms with Crippen LogP contribution in [0.2, 0.25) is 0 Å². The van der Waals surface area contributed by atoms with Gasteiger partial charge in [-0.3, -0.25) is 14.5 Å². The molecule has 0 aromatic rings. The topological polar surface area (TPSA) is 71.1 Å². The third kappa shape index (κ3) is 4.94. The van der Waals surface area contributed by atoms with Crippen LogP contribution in [0.5, 0.6) is 0 Å². The summed E-state index contributed by atoms with van der Waals surface area (Å²) < 4.78 is 11.6. The van der Waals surface area contributed by atoms with Crippen molar-refractivity contribution in [1.82, 2.24) is 15.1 Å². The van der Waals surface area contributed by atoms with Crippen LogP contribution in [0.3, 0.4) is 0 Å². The largest absolute Gasteiger partial charge is 0.378 e. The number of morpholine rings is 1. The first kappa shape index (κ1) is 21.1. The number of carbonyl (C=O) groups excluding carboxylic acids is 2. The van der Waals surface area contributed by atoms with Gasteiger partial charge in [-0.15, -0.1) is 0 Å². The Morgan fingerprint density at radius 1 is 1.14 bits per heavy atom. The van der Waals surface area contributed by atoms with Gasteiger partial charge in [-0.2, -0.15) is 0 Å². The fraction of sp³-hybridized carbons (Fsp3) is 0.909. The Morgan fingerprint density at radius 2 is 1.90 bits per heavy atom. The lowest BCUT2D eigenvalue weighted by molar-refractivity contribution is -0.138. The van der Waals surface area contributed by atoms with Gasteiger partial charge < -0.3 is 19.7 Å². The molecule has 0 aromatic heterocycles. The average Bonchev–Trinajstić information content (AvgIpc) is 3.20. The number of ether oxygens (including phenoxy) is 2. The van der Waals surface area contributed by atoms with Crippen molar-refractivity contribution in [2.24, 2.45) is 17.8 Å². The number of hydrogen-bond acceptors (Lipinski definition) is 5. The maximum atomic E-state index is 12.8. The van der Waals surface area contributed by atoms with Gasteiger partial charge in [-0.25, -0.2) is 0 Å². The molecule has 4 rings (SSSR count). The fourth-order valence-corrected chi connectivity index (χ4v) is 5.56. The molecule has 1 N–H and O–H groups in total. The summed E-state index contributed by atoms with van der Waals surface area (Å²) in [7, 11) is 0. The smallest absolute Gasteiger partial charge is 0.225 e. The van der Waals surface area contributed by atoms with Crippen molar-refractivity contribution in [1.29, 1.82) is 0 Å². The van der Waals surface area contributed by atoms with E-state index in [9.17, 15) is 9.59 Å². The monoisotopic (exact) mass is 407 g/mol. The minimum Gasteiger partial charge on any atom is -0.378 e. The van der Waals surface area contributed by atoms with Crippen molar-refractivity contribution in [3.8, 4) is 0 Å². The van der Waals surface area contributed by atoms with Crippen molar-refractivity contribution >= 4 is 11.8 Å². The zero-order valence-electron chi connectivity index (χ0n) is 18.0. The number of amides is 2. The lowest BCUT2D eigenvalue weighted by atomic mass is 9.83. The second-order valence-electron chi connectivity index (χ2n) is 9.65. The Morgan fingerprint density at radius 3 is 2.55 bits per heavy atom. The van der Waals surface area contributed by atoms with Crippen molar-refractivity contribution in [2.45, 2.75) is 64.1 Å². The summed E-state index contributed by atoms with van der Waals surface area (Å²) in [4.78, 5) is 29.8. The molecule has 164 valence electrons. The maximum absolute atomic E-state index is 12.8. The number of hydrogen-bond donors (Lipinski definition) is 1. The van der Waals surface area contributed by atoms with E-state index in [4.69, 9.17) is 9.47 Å². The van der Waals surface area contributed by atoms with Crippen molar-refractivity contribution < 1.29 is 19.1 Å². The molecule has 3 heterocycles. The zero-order valence-corrected chi connectivity index (χ0v) is 18.0. The van der Waals surface area contributed by atoms with E-state index >= 15 is 0 Å². The third-order valence-electron chi connectivity index (χ3n) is 7.19. The number of fused-ring (bicyclic) bond motifs is 1. The molecule has 29 heavy (non-hydrogen) atoms. The van der Waals surface area contributed by atoms with Crippen LogP contribution in [0.4, 0.5) is 0 Å². The molecule has 0 unspecified atom stereocenters. The Bertz CT molecular complexity index is 589. The van der Waals surface area contributed by atoms with Gasteiger partial charge >= 0.3 is 0 Å². The lowest BCUT2D eigenvalue weighted by Gasteiger charge is -2.32. The van der Waals surface area contributed by atoms with E-state index < -0.39 is 0 Å². The van der Waals surface area contributed by atoms with Crippen LogP contribution in [-0.4, -0.2) is 85.8 Å². The molecule has 0 aromatic carbocycles. The highest BCUT2D eigenvalue weighted by atomic mass is 16.5. The first-order chi connectivity index (χ1) is 14.0. The second kappa shape index (κ2) is 9.31. The number of nitrogens with zero attached hydrogens (tertiary/aromatic N) is 2. The molecule has 3 saturated heterocycles. The minimum atomic E-state index is -0.0708. The van der Waals surface area contributed by atoms with E-state index in [1.54, 1.807) is 0 Å². The Balaban J connectivity index is 1.41. The van der Waals surface area contributed by atoms with Crippen LogP contribution in [0.25, 0.3) is 0 Å². The van der Waals surface area contributed by atoms with Crippen LogP contribution in [0.1, 0.15) is 46.0 Å². The third-order valence-corrected chi connectivity index (χ3v) is 7.19. The van der Waals surface area contributed by atoms with Gasteiger partial charge in [0.15, 0.2) is 0 Å². The number of likely N-dealkylation sites (tertiary alicyclic amines) is 1. The van der Waals surface area contributed by atoms with Gasteiger partial charge in [0.25, 0.3) is 0 Å². The first-order valence-corrected chi connectivity index (χ1v) is 11.5. The molecule has 4 aliphatic rings. The average molecular weight is 408 g/mol. The molecular formula is C22H37N3O4. The van der Waals surface area contributed by atoms with Crippen LogP contribution in [-0.2, 0) is 19.1 Å². The Labute approximate surface area is 174 Å². The fourth-order valence-electron chi connectivity index (χ4n) is 5.56. The number of rotatable bonds is 7. The van der Waals surface area contributed by atoms with E-state index in [1.165, 1.54) is 19.3 Å². The summed E-state index contributed by atoms with van der Waals surface area (Å²) in [6.07, 6.45) is 4.89. The van der Waals surface area contributed by atoms with E-state index in [-0.39, 0.29) is 35.8 Å². The van der Waals surface area contributed by atoms with Crippen LogP contribution in [0.15, 0.2) is 0 Å². The highest BCUT2D eigenvalue weighted by Crippen LogP contribution is 2.43. The molecule has 7 nitrogen and oxygen atoms in total. The highest BCUT2D eigenvalue weighted by molar-refractivity contribution is 5.77. The molecule has 0 radical (unpaired) electrons. The highest BCUT2D eigenvalue weighted by Gasteiger charge is 2.51. The normalized spacial score (nSPS) is 33.0. The molecule has 0 bridgehead atoms. The lowest BCUT2D eigenvalue weighted by Crippen LogP contribution is -2.43. The van der Waals surface area contributed by atoms with Crippen LogP contribution in [0, 0.1) is 17.8 Å². The molecule has 1 aliphatic carbocycles.